The van der Waals surface area contributed by atoms with E-state index in [0.717, 1.165) is 6.07 Å². The summed E-state index contributed by atoms with van der Waals surface area (Å²) in [6.45, 7) is -0.215. The van der Waals surface area contributed by atoms with Crippen LogP contribution in [0.1, 0.15) is 0 Å². The van der Waals surface area contributed by atoms with Crippen LogP contribution >= 0.6 is 11.6 Å². The lowest BCUT2D eigenvalue weighted by atomic mass is 10.1. The van der Waals surface area contributed by atoms with E-state index < -0.39 is 29.5 Å². The molecule has 2 rings (SSSR count). The Hall–Kier alpha value is -1.45. The molecule has 1 aliphatic heterocycles. The third-order valence-electron chi connectivity index (χ3n) is 2.82. The number of rotatable bonds is 3. The highest BCUT2D eigenvalue weighted by Crippen LogP contribution is 2.31. The van der Waals surface area contributed by atoms with Crippen molar-refractivity contribution in [3.8, 4) is 5.75 Å². The Morgan fingerprint density at radius 3 is 2.65 bits per heavy atom. The van der Waals surface area contributed by atoms with Crippen molar-refractivity contribution < 1.29 is 29.7 Å². The first-order chi connectivity index (χ1) is 9.40. The summed E-state index contributed by atoms with van der Waals surface area (Å²) in [4.78, 5) is 9.96. The van der Waals surface area contributed by atoms with Gasteiger partial charge in [-0.05, 0) is 6.07 Å². The number of hydrogen-bond donors (Lipinski definition) is 3. The lowest BCUT2D eigenvalue weighted by Crippen LogP contribution is -2.54. The number of nitro groups is 1. The van der Waals surface area contributed by atoms with E-state index >= 15 is 0 Å². The number of halogens is 1. The third-order valence-corrected chi connectivity index (χ3v) is 3.12. The molecular weight excluding hydrogens is 294 g/mol. The lowest BCUT2D eigenvalue weighted by molar-refractivity contribution is -0.384. The van der Waals surface area contributed by atoms with Gasteiger partial charge in [-0.1, -0.05) is 11.6 Å². The normalized spacial score (nSPS) is 30.0. The molecule has 1 heterocycles. The summed E-state index contributed by atoms with van der Waals surface area (Å²) in [6, 6.07) is 3.53. The Morgan fingerprint density at radius 2 is 2.05 bits per heavy atom. The molecule has 8 nitrogen and oxygen atoms in total. The average molecular weight is 306 g/mol. The zero-order chi connectivity index (χ0) is 14.9. The molecule has 1 aromatic carbocycles. The molecule has 3 N–H and O–H groups in total. The summed E-state index contributed by atoms with van der Waals surface area (Å²) in [5.41, 5.74) is -0.206. The van der Waals surface area contributed by atoms with Gasteiger partial charge in [-0.25, -0.2) is 0 Å². The van der Waals surface area contributed by atoms with Crippen molar-refractivity contribution in [1.29, 1.82) is 0 Å². The van der Waals surface area contributed by atoms with E-state index in [1.165, 1.54) is 12.1 Å². The first-order valence-electron chi connectivity index (χ1n) is 5.66. The fourth-order valence-corrected chi connectivity index (χ4v) is 1.93. The maximum atomic E-state index is 10.6. The van der Waals surface area contributed by atoms with Crippen molar-refractivity contribution in [2.24, 2.45) is 0 Å². The van der Waals surface area contributed by atoms with Crippen LogP contribution < -0.4 is 4.74 Å². The van der Waals surface area contributed by atoms with Gasteiger partial charge in [0.15, 0.2) is 0 Å². The maximum Gasteiger partial charge on any atom is 0.271 e. The lowest BCUT2D eigenvalue weighted by Gasteiger charge is -2.35. The molecule has 110 valence electrons. The second-order valence-electron chi connectivity index (χ2n) is 4.24. The third kappa shape index (κ3) is 3.00. The van der Waals surface area contributed by atoms with Crippen molar-refractivity contribution in [3.63, 3.8) is 0 Å². The largest absolute Gasteiger partial charge is 0.460 e. The Balaban J connectivity index is 2.12. The number of aliphatic hydroxyl groups excluding tert-OH is 3. The highest BCUT2D eigenvalue weighted by molar-refractivity contribution is 6.32. The van der Waals surface area contributed by atoms with Crippen molar-refractivity contribution in [2.45, 2.75) is 24.6 Å². The minimum absolute atomic E-state index is 0.0318. The van der Waals surface area contributed by atoms with Gasteiger partial charge in [0.25, 0.3) is 5.69 Å². The molecule has 0 unspecified atom stereocenters. The van der Waals surface area contributed by atoms with Crippen LogP contribution in [0.3, 0.4) is 0 Å². The molecule has 0 radical (unpaired) electrons. The number of hydrogen-bond acceptors (Lipinski definition) is 7. The van der Waals surface area contributed by atoms with Crippen LogP contribution in [-0.2, 0) is 4.74 Å². The second-order valence-corrected chi connectivity index (χ2v) is 4.65. The van der Waals surface area contributed by atoms with E-state index in [0.29, 0.717) is 0 Å². The molecule has 0 aromatic heterocycles. The number of ether oxygens (including phenoxy) is 2. The van der Waals surface area contributed by atoms with Gasteiger partial charge in [0.2, 0.25) is 6.29 Å². The average Bonchev–Trinajstić information content (AvgIpc) is 2.41. The minimum Gasteiger partial charge on any atom is -0.460 e. The number of benzene rings is 1. The molecular formula is C11H12ClNO7. The van der Waals surface area contributed by atoms with Gasteiger partial charge in [0.1, 0.15) is 24.1 Å². The Bertz CT molecular complexity index is 512. The predicted octanol–water partition coefficient (Wildman–Crippen LogP) is 0.0660. The monoisotopic (exact) mass is 305 g/mol. The molecule has 1 fully saturated rings. The summed E-state index contributed by atoms with van der Waals surface area (Å²) < 4.78 is 10.3. The molecule has 0 amide bonds. The van der Waals surface area contributed by atoms with E-state index in [2.05, 4.69) is 0 Å². The Labute approximate surface area is 118 Å². The zero-order valence-corrected chi connectivity index (χ0v) is 10.8. The fraction of sp³-hybridized carbons (Fsp3) is 0.455. The summed E-state index contributed by atoms with van der Waals surface area (Å²) in [6.07, 6.45) is -5.32. The standard InChI is InChI=1S/C11H12ClNO7/c12-6-3-5(13(17)18)1-2-8(6)20-11-10(16)9(15)7(14)4-19-11/h1-3,7,9-11,14-16H,4H2/t7-,9+,10-,11-/m1/s1. The van der Waals surface area contributed by atoms with Crippen molar-refractivity contribution in [2.75, 3.05) is 6.61 Å². The summed E-state index contributed by atoms with van der Waals surface area (Å²) in [5.74, 6) is 0.0601. The molecule has 0 spiro atoms. The summed E-state index contributed by atoms with van der Waals surface area (Å²) in [5, 5.41) is 39.0. The van der Waals surface area contributed by atoms with Crippen molar-refractivity contribution in [3.05, 3.63) is 33.3 Å². The van der Waals surface area contributed by atoms with Crippen molar-refractivity contribution in [1.82, 2.24) is 0 Å². The minimum atomic E-state index is -1.47. The fourth-order valence-electron chi connectivity index (χ4n) is 1.71. The molecule has 1 aromatic rings. The van der Waals surface area contributed by atoms with Crippen LogP contribution in [0.15, 0.2) is 18.2 Å². The second kappa shape index (κ2) is 5.90. The van der Waals surface area contributed by atoms with Crippen LogP contribution in [0.25, 0.3) is 0 Å². The topological polar surface area (TPSA) is 122 Å². The smallest absolute Gasteiger partial charge is 0.271 e. The maximum absolute atomic E-state index is 10.6. The molecule has 0 aliphatic carbocycles. The van der Waals surface area contributed by atoms with Crippen LogP contribution in [0, 0.1) is 10.1 Å². The van der Waals surface area contributed by atoms with E-state index in [4.69, 9.17) is 21.1 Å². The van der Waals surface area contributed by atoms with Gasteiger partial charge < -0.3 is 24.8 Å². The Morgan fingerprint density at radius 1 is 1.35 bits per heavy atom. The molecule has 9 heteroatoms. The van der Waals surface area contributed by atoms with Gasteiger partial charge in [-0.3, -0.25) is 10.1 Å². The molecule has 1 saturated heterocycles. The van der Waals surface area contributed by atoms with Crippen LogP contribution in [0.5, 0.6) is 5.75 Å². The number of nitrogens with zero attached hydrogens (tertiary/aromatic N) is 1. The molecule has 1 aliphatic rings. The van der Waals surface area contributed by atoms with Gasteiger partial charge in [-0.2, -0.15) is 0 Å². The van der Waals surface area contributed by atoms with Gasteiger partial charge in [0, 0.05) is 12.1 Å². The number of nitro benzene ring substituents is 1. The van der Waals surface area contributed by atoms with Gasteiger partial charge in [0.05, 0.1) is 16.6 Å². The summed E-state index contributed by atoms with van der Waals surface area (Å²) in [7, 11) is 0. The van der Waals surface area contributed by atoms with E-state index in [-0.39, 0.29) is 23.1 Å². The SMILES string of the molecule is O=[N+]([O-])c1ccc(O[C@H]2OC[C@@H](O)[C@H](O)[C@H]2O)c(Cl)c1. The first-order valence-corrected chi connectivity index (χ1v) is 6.04. The zero-order valence-electron chi connectivity index (χ0n) is 10.0. The summed E-state index contributed by atoms with van der Waals surface area (Å²) >= 11 is 5.83. The number of non-ortho nitro benzene ring substituents is 1. The Kier molecular flexibility index (Phi) is 4.41. The highest BCUT2D eigenvalue weighted by atomic mass is 35.5. The number of aliphatic hydroxyl groups is 3. The van der Waals surface area contributed by atoms with E-state index in [9.17, 15) is 25.4 Å². The predicted molar refractivity (Wildman–Crippen MR) is 66.5 cm³/mol. The van der Waals surface area contributed by atoms with Crippen molar-refractivity contribution >= 4 is 17.3 Å². The molecule has 0 bridgehead atoms. The molecule has 4 atom stereocenters. The van der Waals surface area contributed by atoms with Crippen LogP contribution in [0.4, 0.5) is 5.69 Å². The van der Waals surface area contributed by atoms with E-state index in [1.807, 2.05) is 0 Å². The quantitative estimate of drug-likeness (QED) is 0.533. The first kappa shape index (κ1) is 14.9. The van der Waals surface area contributed by atoms with E-state index in [1.54, 1.807) is 0 Å². The van der Waals surface area contributed by atoms with Gasteiger partial charge >= 0.3 is 0 Å². The molecule has 20 heavy (non-hydrogen) atoms. The highest BCUT2D eigenvalue weighted by Gasteiger charge is 2.39. The van der Waals surface area contributed by atoms with Crippen LogP contribution in [-0.4, -0.2) is 51.5 Å². The van der Waals surface area contributed by atoms with Gasteiger partial charge in [-0.15, -0.1) is 0 Å². The van der Waals surface area contributed by atoms with Crippen LogP contribution in [0.2, 0.25) is 5.02 Å². The molecule has 0 saturated carbocycles.